The lowest BCUT2D eigenvalue weighted by Crippen LogP contribution is -2.36. The van der Waals surface area contributed by atoms with Crippen molar-refractivity contribution in [2.75, 3.05) is 22.9 Å². The summed E-state index contributed by atoms with van der Waals surface area (Å²) in [6.45, 7) is 4.27. The van der Waals surface area contributed by atoms with Crippen LogP contribution in [0.4, 0.5) is 11.4 Å². The number of anilines is 2. The number of aromatic nitrogens is 1. The van der Waals surface area contributed by atoms with Gasteiger partial charge in [-0.1, -0.05) is 18.2 Å². The molecule has 4 rings (SSSR count). The summed E-state index contributed by atoms with van der Waals surface area (Å²) in [5.74, 6) is -0.00424. The van der Waals surface area contributed by atoms with Gasteiger partial charge in [-0.25, -0.2) is 4.98 Å². The Morgan fingerprint density at radius 3 is 2.65 bits per heavy atom. The molecular weight excluding hydrogens is 286 g/mol. The zero-order valence-corrected chi connectivity index (χ0v) is 13.4. The maximum atomic E-state index is 12.9. The van der Waals surface area contributed by atoms with Gasteiger partial charge in [0.15, 0.2) is 0 Å². The van der Waals surface area contributed by atoms with Crippen LogP contribution in [0.3, 0.4) is 0 Å². The van der Waals surface area contributed by atoms with Gasteiger partial charge in [0.1, 0.15) is 5.69 Å². The topological polar surface area (TPSA) is 36.4 Å². The molecule has 2 aromatic rings. The van der Waals surface area contributed by atoms with E-state index in [1.54, 1.807) is 0 Å². The summed E-state index contributed by atoms with van der Waals surface area (Å²) in [6.07, 6.45) is 5.23. The highest BCUT2D eigenvalue weighted by Crippen LogP contribution is 2.33. The Labute approximate surface area is 136 Å². The van der Waals surface area contributed by atoms with Crippen molar-refractivity contribution < 1.29 is 4.79 Å². The van der Waals surface area contributed by atoms with E-state index in [4.69, 9.17) is 0 Å². The van der Waals surface area contributed by atoms with Gasteiger partial charge in [0.05, 0.1) is 11.9 Å². The number of fused-ring (bicyclic) bond motifs is 1. The second kappa shape index (κ2) is 5.69. The first-order chi connectivity index (χ1) is 11.2. The first-order valence-electron chi connectivity index (χ1n) is 8.36. The van der Waals surface area contributed by atoms with Crippen molar-refractivity contribution in [3.63, 3.8) is 0 Å². The number of benzene rings is 1. The van der Waals surface area contributed by atoms with Gasteiger partial charge in [-0.2, -0.15) is 0 Å². The van der Waals surface area contributed by atoms with Crippen LogP contribution < -0.4 is 9.80 Å². The Kier molecular flexibility index (Phi) is 3.52. The van der Waals surface area contributed by atoms with E-state index in [1.807, 2.05) is 41.4 Å². The third-order valence-electron chi connectivity index (χ3n) is 4.86. The zero-order valence-electron chi connectivity index (χ0n) is 13.4. The van der Waals surface area contributed by atoms with Crippen molar-refractivity contribution in [2.45, 2.75) is 32.2 Å². The predicted molar refractivity (Wildman–Crippen MR) is 92.1 cm³/mol. The summed E-state index contributed by atoms with van der Waals surface area (Å²) in [5.41, 5.74) is 3.91. The van der Waals surface area contributed by atoms with Crippen LogP contribution in [0.15, 0.2) is 42.6 Å². The van der Waals surface area contributed by atoms with Crippen LogP contribution in [0.2, 0.25) is 0 Å². The quantitative estimate of drug-likeness (QED) is 0.854. The minimum Gasteiger partial charge on any atom is -0.370 e. The van der Waals surface area contributed by atoms with Gasteiger partial charge in [0, 0.05) is 24.8 Å². The van der Waals surface area contributed by atoms with Gasteiger partial charge in [0.2, 0.25) is 0 Å². The summed E-state index contributed by atoms with van der Waals surface area (Å²) in [6, 6.07) is 12.2. The molecule has 0 saturated carbocycles. The number of hydrogen-bond acceptors (Lipinski definition) is 3. The number of pyridine rings is 1. The fourth-order valence-corrected chi connectivity index (χ4v) is 3.67. The van der Waals surface area contributed by atoms with Gasteiger partial charge >= 0.3 is 0 Å². The van der Waals surface area contributed by atoms with Gasteiger partial charge in [0.25, 0.3) is 5.91 Å². The maximum absolute atomic E-state index is 12.9. The van der Waals surface area contributed by atoms with E-state index >= 15 is 0 Å². The van der Waals surface area contributed by atoms with E-state index < -0.39 is 0 Å². The molecule has 1 aromatic heterocycles. The summed E-state index contributed by atoms with van der Waals surface area (Å²) < 4.78 is 0. The van der Waals surface area contributed by atoms with Crippen LogP contribution in [-0.2, 0) is 6.42 Å². The highest BCUT2D eigenvalue weighted by atomic mass is 16.2. The predicted octanol–water partition coefficient (Wildman–Crippen LogP) is 3.27. The van der Waals surface area contributed by atoms with Crippen LogP contribution in [0, 0.1) is 0 Å². The molecule has 1 amide bonds. The lowest BCUT2D eigenvalue weighted by Gasteiger charge is -2.23. The second-order valence-electron chi connectivity index (χ2n) is 6.45. The Hall–Kier alpha value is -2.36. The van der Waals surface area contributed by atoms with Crippen LogP contribution in [0.5, 0.6) is 0 Å². The SMILES string of the molecule is CC1Cc2ccccc2N1C(=O)c1ccc(N2CCCC2)cn1. The highest BCUT2D eigenvalue weighted by molar-refractivity contribution is 6.06. The van der Waals surface area contributed by atoms with E-state index in [0.29, 0.717) is 5.69 Å². The molecule has 2 aliphatic rings. The third-order valence-corrected chi connectivity index (χ3v) is 4.86. The van der Waals surface area contributed by atoms with E-state index in [1.165, 1.54) is 18.4 Å². The van der Waals surface area contributed by atoms with Crippen LogP contribution in [0.1, 0.15) is 35.8 Å². The monoisotopic (exact) mass is 307 g/mol. The number of rotatable bonds is 2. The van der Waals surface area contributed by atoms with Crippen molar-refractivity contribution in [1.82, 2.24) is 4.98 Å². The zero-order chi connectivity index (χ0) is 15.8. The molecule has 118 valence electrons. The molecule has 2 aliphatic heterocycles. The summed E-state index contributed by atoms with van der Waals surface area (Å²) in [5, 5.41) is 0. The number of para-hydroxylation sites is 1. The fraction of sp³-hybridized carbons (Fsp3) is 0.368. The average molecular weight is 307 g/mol. The maximum Gasteiger partial charge on any atom is 0.277 e. The van der Waals surface area contributed by atoms with Crippen molar-refractivity contribution in [2.24, 2.45) is 0 Å². The van der Waals surface area contributed by atoms with Crippen LogP contribution in [-0.4, -0.2) is 30.0 Å². The molecule has 23 heavy (non-hydrogen) atoms. The molecule has 0 bridgehead atoms. The van der Waals surface area contributed by atoms with Gasteiger partial charge < -0.3 is 9.80 Å². The molecule has 1 saturated heterocycles. The molecule has 0 aliphatic carbocycles. The number of carbonyl (C=O) groups is 1. The smallest absolute Gasteiger partial charge is 0.277 e. The van der Waals surface area contributed by atoms with Crippen molar-refractivity contribution >= 4 is 17.3 Å². The lowest BCUT2D eigenvalue weighted by molar-refractivity contribution is 0.0976. The van der Waals surface area contributed by atoms with Crippen LogP contribution in [0.25, 0.3) is 0 Å². The van der Waals surface area contributed by atoms with Crippen LogP contribution >= 0.6 is 0 Å². The number of carbonyl (C=O) groups excluding carboxylic acids is 1. The molecule has 0 radical (unpaired) electrons. The molecule has 1 atom stereocenters. The van der Waals surface area contributed by atoms with E-state index in [-0.39, 0.29) is 11.9 Å². The average Bonchev–Trinajstić information content (AvgIpc) is 3.21. The summed E-state index contributed by atoms with van der Waals surface area (Å²) in [7, 11) is 0. The highest BCUT2D eigenvalue weighted by Gasteiger charge is 2.31. The lowest BCUT2D eigenvalue weighted by atomic mass is 10.1. The molecule has 0 spiro atoms. The summed E-state index contributed by atoms with van der Waals surface area (Å²) >= 11 is 0. The van der Waals surface area contributed by atoms with E-state index in [2.05, 4.69) is 22.9 Å². The van der Waals surface area contributed by atoms with Gasteiger partial charge in [-0.15, -0.1) is 0 Å². The standard InChI is InChI=1S/C19H21N3O/c1-14-12-15-6-2-3-7-18(15)22(14)19(23)17-9-8-16(13-20-17)21-10-4-5-11-21/h2-3,6-9,13-14H,4-5,10-12H2,1H3. The molecule has 3 heterocycles. The van der Waals surface area contributed by atoms with Crippen molar-refractivity contribution in [3.8, 4) is 0 Å². The molecule has 4 nitrogen and oxygen atoms in total. The molecular formula is C19H21N3O. The summed E-state index contributed by atoms with van der Waals surface area (Å²) in [4.78, 5) is 21.6. The van der Waals surface area contributed by atoms with Gasteiger partial charge in [-0.3, -0.25) is 4.79 Å². The molecule has 1 unspecified atom stereocenters. The minimum absolute atomic E-state index is 0.00424. The van der Waals surface area contributed by atoms with Gasteiger partial charge in [-0.05, 0) is 49.9 Å². The normalized spacial score (nSPS) is 20.0. The Morgan fingerprint density at radius 1 is 1.13 bits per heavy atom. The Morgan fingerprint density at radius 2 is 1.91 bits per heavy atom. The number of nitrogens with zero attached hydrogens (tertiary/aromatic N) is 3. The molecule has 1 fully saturated rings. The number of amides is 1. The second-order valence-corrected chi connectivity index (χ2v) is 6.45. The first-order valence-corrected chi connectivity index (χ1v) is 8.36. The fourth-order valence-electron chi connectivity index (χ4n) is 3.67. The third kappa shape index (κ3) is 2.48. The first kappa shape index (κ1) is 14.2. The Balaban J connectivity index is 1.59. The Bertz CT molecular complexity index is 720. The molecule has 4 heteroatoms. The molecule has 0 N–H and O–H groups in total. The van der Waals surface area contributed by atoms with Crippen molar-refractivity contribution in [3.05, 3.63) is 53.9 Å². The van der Waals surface area contributed by atoms with E-state index in [0.717, 1.165) is 30.9 Å². The largest absolute Gasteiger partial charge is 0.370 e. The van der Waals surface area contributed by atoms with E-state index in [9.17, 15) is 4.79 Å². The number of hydrogen-bond donors (Lipinski definition) is 0. The van der Waals surface area contributed by atoms with Crippen molar-refractivity contribution in [1.29, 1.82) is 0 Å². The molecule has 1 aromatic carbocycles. The minimum atomic E-state index is -0.00424.